The van der Waals surface area contributed by atoms with Crippen LogP contribution in [0.4, 0.5) is 27.6 Å². The lowest BCUT2D eigenvalue weighted by Gasteiger charge is -2.14. The lowest BCUT2D eigenvalue weighted by Crippen LogP contribution is -2.17. The van der Waals surface area contributed by atoms with Crippen LogP contribution in [0.5, 0.6) is 5.75 Å². The van der Waals surface area contributed by atoms with Crippen LogP contribution in [0.25, 0.3) is 11.1 Å². The van der Waals surface area contributed by atoms with E-state index in [9.17, 15) is 31.5 Å². The number of nitrogens with one attached hydrogen (secondary N) is 1. The molecular formula is C25H11Cl2F5N2O3. The highest BCUT2D eigenvalue weighted by molar-refractivity contribution is 6.34. The molecule has 0 radical (unpaired) electrons. The lowest BCUT2D eigenvalue weighted by atomic mass is 10.0. The Balaban J connectivity index is 1.76. The van der Waals surface area contributed by atoms with Gasteiger partial charge in [0.2, 0.25) is 0 Å². The fraction of sp³-hybridized carbons (Fsp3) is 0. The van der Waals surface area contributed by atoms with Crippen molar-refractivity contribution in [2.24, 2.45) is 0 Å². The largest absolute Gasteiger partial charge is 0.422 e. The van der Waals surface area contributed by atoms with Crippen molar-refractivity contribution in [3.05, 3.63) is 111 Å². The summed E-state index contributed by atoms with van der Waals surface area (Å²) in [6.07, 6.45) is 0. The zero-order valence-electron chi connectivity index (χ0n) is 18.1. The molecule has 1 heterocycles. The van der Waals surface area contributed by atoms with Gasteiger partial charge >= 0.3 is 5.97 Å². The Labute approximate surface area is 215 Å². The van der Waals surface area contributed by atoms with Gasteiger partial charge in [-0.1, -0.05) is 29.3 Å². The number of anilines is 1. The summed E-state index contributed by atoms with van der Waals surface area (Å²) < 4.78 is 74.1. The maximum absolute atomic E-state index is 14.4. The molecule has 37 heavy (non-hydrogen) atoms. The summed E-state index contributed by atoms with van der Waals surface area (Å²) in [5, 5.41) is 1.12. The molecule has 1 N–H and O–H groups in total. The summed E-state index contributed by atoms with van der Waals surface area (Å²) in [6.45, 7) is 0. The van der Waals surface area contributed by atoms with Gasteiger partial charge in [0.05, 0.1) is 11.3 Å². The summed E-state index contributed by atoms with van der Waals surface area (Å²) in [4.78, 5) is 29.2. The molecule has 3 aromatic carbocycles. The summed E-state index contributed by atoms with van der Waals surface area (Å²) in [5.41, 5.74) is -1.37. The Bertz CT molecular complexity index is 1570. The van der Waals surface area contributed by atoms with Gasteiger partial charge in [0.1, 0.15) is 39.7 Å². The smallest absolute Gasteiger partial charge is 0.346 e. The van der Waals surface area contributed by atoms with E-state index in [1.165, 1.54) is 6.07 Å². The molecule has 1 aromatic heterocycles. The highest BCUT2D eigenvalue weighted by Crippen LogP contribution is 2.31. The predicted octanol–water partition coefficient (Wildman–Crippen LogP) is 7.22. The molecule has 0 saturated heterocycles. The van der Waals surface area contributed by atoms with Crippen LogP contribution in [0.15, 0.2) is 60.7 Å². The zero-order chi connectivity index (χ0) is 26.9. The molecule has 5 nitrogen and oxygen atoms in total. The molecule has 0 aliphatic rings. The molecule has 4 rings (SSSR count). The zero-order valence-corrected chi connectivity index (χ0v) is 19.6. The quantitative estimate of drug-likeness (QED) is 0.123. The Hall–Kier alpha value is -4.02. The van der Waals surface area contributed by atoms with Crippen molar-refractivity contribution in [1.82, 2.24) is 4.98 Å². The normalized spacial score (nSPS) is 10.8. The summed E-state index contributed by atoms with van der Waals surface area (Å²) in [7, 11) is 0. The van der Waals surface area contributed by atoms with Crippen molar-refractivity contribution < 1.29 is 36.3 Å². The molecule has 0 spiro atoms. The number of rotatable bonds is 5. The minimum absolute atomic E-state index is 0.0688. The van der Waals surface area contributed by atoms with E-state index in [4.69, 9.17) is 27.9 Å². The third-order valence-electron chi connectivity index (χ3n) is 4.95. The second-order valence-electron chi connectivity index (χ2n) is 7.40. The number of nitrogens with zero attached hydrogens (tertiary/aromatic N) is 1. The number of carbonyl (C=O) groups excluding carboxylic acids is 2. The summed E-state index contributed by atoms with van der Waals surface area (Å²) in [6, 6.07) is 9.27. The minimum Gasteiger partial charge on any atom is -0.422 e. The van der Waals surface area contributed by atoms with E-state index in [0.717, 1.165) is 36.4 Å². The van der Waals surface area contributed by atoms with Crippen molar-refractivity contribution in [2.75, 3.05) is 5.32 Å². The van der Waals surface area contributed by atoms with Gasteiger partial charge in [-0.05, 0) is 48.0 Å². The molecule has 0 unspecified atom stereocenters. The average molecular weight is 553 g/mol. The van der Waals surface area contributed by atoms with Crippen LogP contribution >= 0.6 is 23.2 Å². The number of halogens is 7. The number of pyridine rings is 1. The molecule has 0 aliphatic carbocycles. The van der Waals surface area contributed by atoms with Crippen molar-refractivity contribution in [1.29, 1.82) is 0 Å². The van der Waals surface area contributed by atoms with Crippen LogP contribution in [-0.4, -0.2) is 16.9 Å². The number of amides is 1. The van der Waals surface area contributed by atoms with Crippen LogP contribution in [0.2, 0.25) is 10.3 Å². The standard InChI is InChI=1S/C25H11Cl2F5N2O3/c26-22-16(10-19(32)23(27)34-22)25(36)37-21-6-1-11(14-4-2-12(28)8-17(14)30)7-15(21)24(35)33-20-5-3-13(29)9-18(20)31/h1-10H,(H,33,35). The first kappa shape index (κ1) is 26.1. The van der Waals surface area contributed by atoms with E-state index in [0.29, 0.717) is 18.2 Å². The van der Waals surface area contributed by atoms with E-state index in [2.05, 4.69) is 10.3 Å². The van der Waals surface area contributed by atoms with Crippen molar-refractivity contribution >= 4 is 40.8 Å². The summed E-state index contributed by atoms with van der Waals surface area (Å²) >= 11 is 11.4. The van der Waals surface area contributed by atoms with Gasteiger partial charge in [-0.25, -0.2) is 31.7 Å². The van der Waals surface area contributed by atoms with Gasteiger partial charge in [-0.2, -0.15) is 0 Å². The maximum atomic E-state index is 14.4. The Morgan fingerprint density at radius 3 is 2.08 bits per heavy atom. The first-order chi connectivity index (χ1) is 17.5. The van der Waals surface area contributed by atoms with Crippen LogP contribution in [-0.2, 0) is 0 Å². The Morgan fingerprint density at radius 1 is 0.730 bits per heavy atom. The van der Waals surface area contributed by atoms with Crippen LogP contribution < -0.4 is 10.1 Å². The first-order valence-electron chi connectivity index (χ1n) is 10.1. The van der Waals surface area contributed by atoms with E-state index in [1.807, 2.05) is 0 Å². The van der Waals surface area contributed by atoms with Gasteiger partial charge in [-0.3, -0.25) is 4.79 Å². The van der Waals surface area contributed by atoms with Gasteiger partial charge < -0.3 is 10.1 Å². The van der Waals surface area contributed by atoms with Crippen molar-refractivity contribution in [2.45, 2.75) is 0 Å². The first-order valence-corrected chi connectivity index (χ1v) is 10.9. The number of benzene rings is 3. The molecule has 1 amide bonds. The molecule has 12 heteroatoms. The number of ether oxygens (including phenoxy) is 1. The molecule has 0 fully saturated rings. The lowest BCUT2D eigenvalue weighted by molar-refractivity contribution is 0.0732. The monoisotopic (exact) mass is 552 g/mol. The third kappa shape index (κ3) is 5.71. The number of aromatic nitrogens is 1. The van der Waals surface area contributed by atoms with E-state index in [-0.39, 0.29) is 11.1 Å². The van der Waals surface area contributed by atoms with E-state index in [1.54, 1.807) is 0 Å². The van der Waals surface area contributed by atoms with Crippen molar-refractivity contribution in [3.63, 3.8) is 0 Å². The average Bonchev–Trinajstić information content (AvgIpc) is 2.83. The van der Waals surface area contributed by atoms with Crippen LogP contribution in [0, 0.1) is 29.1 Å². The molecule has 0 aliphatic heterocycles. The maximum Gasteiger partial charge on any atom is 0.346 e. The molecule has 4 aromatic rings. The van der Waals surface area contributed by atoms with Gasteiger partial charge in [0, 0.05) is 17.7 Å². The number of esters is 1. The molecule has 0 atom stereocenters. The second-order valence-corrected chi connectivity index (χ2v) is 8.12. The SMILES string of the molecule is O=C(Nc1ccc(F)cc1F)c1cc(-c2ccc(F)cc2F)ccc1OC(=O)c1cc(F)c(Cl)nc1Cl. The number of hydrogen-bond acceptors (Lipinski definition) is 4. The van der Waals surface area contributed by atoms with Crippen LogP contribution in [0.1, 0.15) is 20.7 Å². The van der Waals surface area contributed by atoms with E-state index < -0.39 is 73.8 Å². The minimum atomic E-state index is -1.23. The topological polar surface area (TPSA) is 68.3 Å². The van der Waals surface area contributed by atoms with Gasteiger partial charge in [0.25, 0.3) is 5.91 Å². The van der Waals surface area contributed by atoms with Gasteiger partial charge in [-0.15, -0.1) is 0 Å². The summed E-state index contributed by atoms with van der Waals surface area (Å²) in [5.74, 6) is -7.51. The van der Waals surface area contributed by atoms with Crippen molar-refractivity contribution in [3.8, 4) is 16.9 Å². The predicted molar refractivity (Wildman–Crippen MR) is 125 cm³/mol. The second kappa shape index (κ2) is 10.5. The molecule has 0 bridgehead atoms. The van der Waals surface area contributed by atoms with Crippen LogP contribution in [0.3, 0.4) is 0 Å². The Morgan fingerprint density at radius 2 is 1.41 bits per heavy atom. The fourth-order valence-electron chi connectivity index (χ4n) is 3.21. The van der Waals surface area contributed by atoms with Gasteiger partial charge in [0.15, 0.2) is 11.0 Å². The molecule has 0 saturated carbocycles. The number of hydrogen-bond donors (Lipinski definition) is 1. The Kier molecular flexibility index (Phi) is 7.42. The molecule has 188 valence electrons. The highest BCUT2D eigenvalue weighted by atomic mass is 35.5. The third-order valence-corrected chi connectivity index (χ3v) is 5.51. The number of carbonyl (C=O) groups is 2. The highest BCUT2D eigenvalue weighted by Gasteiger charge is 2.23. The van der Waals surface area contributed by atoms with E-state index >= 15 is 0 Å². The fourth-order valence-corrected chi connectivity index (χ4v) is 3.61. The molecular weight excluding hydrogens is 542 g/mol.